The minimum atomic E-state index is -0.468. The maximum Gasteiger partial charge on any atom is 0.258 e. The lowest BCUT2D eigenvalue weighted by Gasteiger charge is -2.12. The van der Waals surface area contributed by atoms with Gasteiger partial charge in [0.25, 0.3) is 5.91 Å². The van der Waals surface area contributed by atoms with Crippen LogP contribution in [0.3, 0.4) is 0 Å². The number of hydrogen-bond donors (Lipinski definition) is 3. The van der Waals surface area contributed by atoms with E-state index < -0.39 is 5.91 Å². The first-order chi connectivity index (χ1) is 12.9. The summed E-state index contributed by atoms with van der Waals surface area (Å²) in [5.41, 5.74) is 1.50. The molecule has 2 rings (SSSR count). The van der Waals surface area contributed by atoms with Crippen molar-refractivity contribution >= 4 is 63.7 Å². The van der Waals surface area contributed by atoms with E-state index in [1.165, 1.54) is 0 Å². The number of thiocarbonyl (C=S) groups is 1. The van der Waals surface area contributed by atoms with Gasteiger partial charge in [-0.2, -0.15) is 0 Å². The second-order valence-corrected chi connectivity index (χ2v) is 6.94. The van der Waals surface area contributed by atoms with Crippen molar-refractivity contribution in [2.75, 3.05) is 10.6 Å². The lowest BCUT2D eigenvalue weighted by molar-refractivity contribution is -0.116. The van der Waals surface area contributed by atoms with Crippen molar-refractivity contribution in [1.29, 1.82) is 0 Å². The van der Waals surface area contributed by atoms with Gasteiger partial charge in [0, 0.05) is 17.8 Å². The van der Waals surface area contributed by atoms with Gasteiger partial charge in [-0.1, -0.05) is 48.7 Å². The summed E-state index contributed by atoms with van der Waals surface area (Å²) >= 11 is 17.1. The van der Waals surface area contributed by atoms with Crippen LogP contribution in [0.1, 0.15) is 36.5 Å². The predicted octanol–water partition coefficient (Wildman–Crippen LogP) is 5.25. The third-order valence-corrected chi connectivity index (χ3v) is 4.61. The van der Waals surface area contributed by atoms with E-state index in [9.17, 15) is 9.59 Å². The monoisotopic (exact) mass is 423 g/mol. The van der Waals surface area contributed by atoms with E-state index in [0.717, 1.165) is 12.8 Å². The number of rotatable bonds is 6. The topological polar surface area (TPSA) is 70.2 Å². The standard InChI is InChI=1S/C19H19Cl2N3O2S/c1-2-3-10-16(25)22-12-6-4-7-13(11-12)23-19(27)24-18(26)14-8-5-9-15(20)17(14)21/h4-9,11H,2-3,10H2,1H3,(H,22,25)(H2,23,24,26,27). The zero-order chi connectivity index (χ0) is 19.8. The largest absolute Gasteiger partial charge is 0.332 e. The lowest BCUT2D eigenvalue weighted by atomic mass is 10.2. The molecule has 0 saturated carbocycles. The molecule has 3 N–H and O–H groups in total. The molecule has 0 fully saturated rings. The molecule has 0 aliphatic rings. The Morgan fingerprint density at radius 3 is 2.41 bits per heavy atom. The average Bonchev–Trinajstić information content (AvgIpc) is 2.62. The quantitative estimate of drug-likeness (QED) is 0.554. The van der Waals surface area contributed by atoms with E-state index in [1.807, 2.05) is 6.92 Å². The van der Waals surface area contributed by atoms with Gasteiger partial charge in [-0.15, -0.1) is 0 Å². The first kappa shape index (κ1) is 21.2. The van der Waals surface area contributed by atoms with E-state index in [2.05, 4.69) is 16.0 Å². The van der Waals surface area contributed by atoms with Crippen LogP contribution in [-0.2, 0) is 4.79 Å². The highest BCUT2D eigenvalue weighted by molar-refractivity contribution is 7.80. The molecule has 0 bridgehead atoms. The molecule has 142 valence electrons. The van der Waals surface area contributed by atoms with Gasteiger partial charge < -0.3 is 10.6 Å². The molecule has 0 aliphatic heterocycles. The summed E-state index contributed by atoms with van der Waals surface area (Å²) in [4.78, 5) is 24.1. The third kappa shape index (κ3) is 6.50. The fraction of sp³-hybridized carbons (Fsp3) is 0.211. The van der Waals surface area contributed by atoms with E-state index >= 15 is 0 Å². The molecule has 27 heavy (non-hydrogen) atoms. The van der Waals surface area contributed by atoms with Crippen LogP contribution in [0.4, 0.5) is 11.4 Å². The van der Waals surface area contributed by atoms with Gasteiger partial charge in [-0.3, -0.25) is 14.9 Å². The van der Waals surface area contributed by atoms with E-state index in [4.69, 9.17) is 35.4 Å². The fourth-order valence-corrected chi connectivity index (χ4v) is 2.84. The number of amides is 2. The highest BCUT2D eigenvalue weighted by Gasteiger charge is 2.14. The van der Waals surface area contributed by atoms with Gasteiger partial charge in [0.15, 0.2) is 5.11 Å². The second kappa shape index (κ2) is 10.3. The normalized spacial score (nSPS) is 10.2. The van der Waals surface area contributed by atoms with Crippen LogP contribution < -0.4 is 16.0 Å². The van der Waals surface area contributed by atoms with Crippen molar-refractivity contribution < 1.29 is 9.59 Å². The highest BCUT2D eigenvalue weighted by Crippen LogP contribution is 2.25. The molecule has 0 radical (unpaired) electrons. The predicted molar refractivity (Wildman–Crippen MR) is 115 cm³/mol. The summed E-state index contributed by atoms with van der Waals surface area (Å²) in [5, 5.41) is 8.84. The molecular formula is C19H19Cl2N3O2S. The fourth-order valence-electron chi connectivity index (χ4n) is 2.25. The van der Waals surface area contributed by atoms with Gasteiger partial charge in [0.2, 0.25) is 5.91 Å². The van der Waals surface area contributed by atoms with Crippen LogP contribution in [0.5, 0.6) is 0 Å². The number of carbonyl (C=O) groups excluding carboxylic acids is 2. The molecule has 8 heteroatoms. The molecule has 2 aromatic carbocycles. The Morgan fingerprint density at radius 1 is 1.04 bits per heavy atom. The molecule has 0 spiro atoms. The summed E-state index contributed by atoms with van der Waals surface area (Å²) in [7, 11) is 0. The Balaban J connectivity index is 1.97. The summed E-state index contributed by atoms with van der Waals surface area (Å²) < 4.78 is 0. The number of halogens is 2. The number of nitrogens with one attached hydrogen (secondary N) is 3. The summed E-state index contributed by atoms with van der Waals surface area (Å²) in [5.74, 6) is -0.510. The van der Waals surface area contributed by atoms with Gasteiger partial charge in [-0.05, 0) is 49.0 Å². The van der Waals surface area contributed by atoms with E-state index in [-0.39, 0.29) is 26.6 Å². The maximum absolute atomic E-state index is 12.3. The van der Waals surface area contributed by atoms with Crippen LogP contribution in [0.15, 0.2) is 42.5 Å². The first-order valence-electron chi connectivity index (χ1n) is 8.37. The van der Waals surface area contributed by atoms with Crippen LogP contribution in [-0.4, -0.2) is 16.9 Å². The Labute approximate surface area is 173 Å². The Bertz CT molecular complexity index is 859. The SMILES string of the molecule is CCCCC(=O)Nc1cccc(NC(=S)NC(=O)c2cccc(Cl)c2Cl)c1. The van der Waals surface area contributed by atoms with Crippen molar-refractivity contribution in [2.45, 2.75) is 26.2 Å². The minimum absolute atomic E-state index is 0.0412. The maximum atomic E-state index is 12.3. The van der Waals surface area contributed by atoms with Gasteiger partial charge >= 0.3 is 0 Å². The minimum Gasteiger partial charge on any atom is -0.332 e. The van der Waals surface area contributed by atoms with Crippen molar-refractivity contribution in [3.8, 4) is 0 Å². The van der Waals surface area contributed by atoms with Crippen LogP contribution in [0, 0.1) is 0 Å². The molecule has 0 unspecified atom stereocenters. The lowest BCUT2D eigenvalue weighted by Crippen LogP contribution is -2.34. The molecule has 0 atom stereocenters. The molecule has 2 amide bonds. The Kier molecular flexibility index (Phi) is 8.03. The molecule has 0 saturated heterocycles. The number of unbranched alkanes of at least 4 members (excludes halogenated alkanes) is 1. The van der Waals surface area contributed by atoms with Gasteiger partial charge in [0.05, 0.1) is 15.6 Å². The molecule has 0 heterocycles. The Hall–Kier alpha value is -2.15. The number of benzene rings is 2. The molecule has 5 nitrogen and oxygen atoms in total. The number of anilines is 2. The highest BCUT2D eigenvalue weighted by atomic mass is 35.5. The van der Waals surface area contributed by atoms with Crippen molar-refractivity contribution in [3.05, 3.63) is 58.1 Å². The smallest absolute Gasteiger partial charge is 0.258 e. The zero-order valence-electron chi connectivity index (χ0n) is 14.6. The average molecular weight is 424 g/mol. The van der Waals surface area contributed by atoms with Crippen LogP contribution in [0.2, 0.25) is 10.0 Å². The van der Waals surface area contributed by atoms with Crippen LogP contribution >= 0.6 is 35.4 Å². The van der Waals surface area contributed by atoms with E-state index in [0.29, 0.717) is 17.8 Å². The second-order valence-electron chi connectivity index (χ2n) is 5.74. The molecular weight excluding hydrogens is 405 g/mol. The third-order valence-electron chi connectivity index (χ3n) is 3.58. The summed E-state index contributed by atoms with van der Waals surface area (Å²) in [6, 6.07) is 11.8. The number of carbonyl (C=O) groups is 2. The Morgan fingerprint density at radius 2 is 1.70 bits per heavy atom. The summed E-state index contributed by atoms with van der Waals surface area (Å²) in [6.45, 7) is 2.03. The van der Waals surface area contributed by atoms with Gasteiger partial charge in [-0.25, -0.2) is 0 Å². The molecule has 2 aromatic rings. The molecule has 0 aliphatic carbocycles. The summed E-state index contributed by atoms with van der Waals surface area (Å²) in [6.07, 6.45) is 2.27. The van der Waals surface area contributed by atoms with Crippen LogP contribution in [0.25, 0.3) is 0 Å². The van der Waals surface area contributed by atoms with E-state index in [1.54, 1.807) is 42.5 Å². The van der Waals surface area contributed by atoms with Crippen molar-refractivity contribution in [1.82, 2.24) is 5.32 Å². The zero-order valence-corrected chi connectivity index (χ0v) is 17.0. The van der Waals surface area contributed by atoms with Gasteiger partial charge in [0.1, 0.15) is 0 Å². The van der Waals surface area contributed by atoms with Crippen molar-refractivity contribution in [2.24, 2.45) is 0 Å². The van der Waals surface area contributed by atoms with Crippen molar-refractivity contribution in [3.63, 3.8) is 0 Å². The number of hydrogen-bond acceptors (Lipinski definition) is 3. The molecule has 0 aromatic heterocycles. The first-order valence-corrected chi connectivity index (χ1v) is 9.53.